The van der Waals surface area contributed by atoms with Crippen LogP contribution in [-0.2, 0) is 10.0 Å². The van der Waals surface area contributed by atoms with Crippen molar-refractivity contribution in [1.82, 2.24) is 9.21 Å². The Kier molecular flexibility index (Phi) is 5.24. The van der Waals surface area contributed by atoms with Crippen molar-refractivity contribution in [2.75, 3.05) is 39.0 Å². The van der Waals surface area contributed by atoms with E-state index in [0.717, 1.165) is 25.1 Å². The molecule has 118 valence electrons. The molecular formula is C15H25N3O2S. The number of hydrogen-bond donors (Lipinski definition) is 1. The summed E-state index contributed by atoms with van der Waals surface area (Å²) in [5, 5.41) is 3.17. The zero-order valence-corrected chi connectivity index (χ0v) is 13.9. The van der Waals surface area contributed by atoms with Crippen LogP contribution in [0.3, 0.4) is 0 Å². The molecule has 1 heterocycles. The summed E-state index contributed by atoms with van der Waals surface area (Å²) in [6.45, 7) is 4.03. The third-order valence-corrected chi connectivity index (χ3v) is 5.94. The van der Waals surface area contributed by atoms with Crippen molar-refractivity contribution in [3.63, 3.8) is 0 Å². The second-order valence-corrected chi connectivity index (χ2v) is 7.59. The second kappa shape index (κ2) is 6.77. The third-order valence-electron chi connectivity index (χ3n) is 4.03. The smallest absolute Gasteiger partial charge is 0.243 e. The average molecular weight is 311 g/mol. The van der Waals surface area contributed by atoms with Gasteiger partial charge in [-0.1, -0.05) is 0 Å². The number of piperidine rings is 1. The Morgan fingerprint density at radius 1 is 1.19 bits per heavy atom. The molecule has 0 bridgehead atoms. The van der Waals surface area contributed by atoms with Crippen LogP contribution in [0.1, 0.15) is 19.8 Å². The molecule has 1 aliphatic rings. The Labute approximate surface area is 128 Å². The topological polar surface area (TPSA) is 52.7 Å². The molecule has 1 aromatic rings. The lowest BCUT2D eigenvalue weighted by Gasteiger charge is -2.34. The van der Waals surface area contributed by atoms with Crippen molar-refractivity contribution in [3.8, 4) is 0 Å². The number of nitrogens with one attached hydrogen (secondary N) is 1. The summed E-state index contributed by atoms with van der Waals surface area (Å²) in [6.07, 6.45) is 1.78. The second-order valence-electron chi connectivity index (χ2n) is 5.65. The Hall–Kier alpha value is -1.11. The molecular weight excluding hydrogens is 286 g/mol. The van der Waals surface area contributed by atoms with Crippen LogP contribution in [0.2, 0.25) is 0 Å². The van der Waals surface area contributed by atoms with Crippen LogP contribution in [0.5, 0.6) is 0 Å². The highest BCUT2D eigenvalue weighted by Gasteiger charge is 2.29. The van der Waals surface area contributed by atoms with Gasteiger partial charge in [-0.3, -0.25) is 0 Å². The number of anilines is 1. The molecule has 0 unspecified atom stereocenters. The van der Waals surface area contributed by atoms with Gasteiger partial charge in [0, 0.05) is 31.4 Å². The molecule has 1 aromatic carbocycles. The Bertz CT molecular complexity index is 547. The fourth-order valence-electron chi connectivity index (χ4n) is 2.70. The van der Waals surface area contributed by atoms with E-state index in [0.29, 0.717) is 24.0 Å². The standard InChI is InChI=1S/C15H25N3O2S/c1-4-16-13-5-7-15(8-6-13)21(19,20)18-11-9-14(10-12-18)17(2)3/h5-8,14,16H,4,9-12H2,1-3H3. The summed E-state index contributed by atoms with van der Waals surface area (Å²) in [5.74, 6) is 0. The van der Waals surface area contributed by atoms with Gasteiger partial charge in [-0.2, -0.15) is 4.31 Å². The molecule has 5 nitrogen and oxygen atoms in total. The third kappa shape index (κ3) is 3.75. The zero-order valence-electron chi connectivity index (χ0n) is 13.0. The van der Waals surface area contributed by atoms with Crippen LogP contribution in [0.4, 0.5) is 5.69 Å². The summed E-state index contributed by atoms with van der Waals surface area (Å²) in [4.78, 5) is 2.56. The van der Waals surface area contributed by atoms with Gasteiger partial charge in [0.25, 0.3) is 0 Å². The molecule has 0 atom stereocenters. The van der Waals surface area contributed by atoms with Gasteiger partial charge < -0.3 is 10.2 Å². The van der Waals surface area contributed by atoms with E-state index in [9.17, 15) is 8.42 Å². The van der Waals surface area contributed by atoms with E-state index < -0.39 is 10.0 Å². The van der Waals surface area contributed by atoms with Gasteiger partial charge in [0.1, 0.15) is 0 Å². The number of nitrogens with zero attached hydrogens (tertiary/aromatic N) is 2. The average Bonchev–Trinajstić information content (AvgIpc) is 2.48. The molecule has 1 saturated heterocycles. The summed E-state index contributed by atoms with van der Waals surface area (Å²) < 4.78 is 26.9. The minimum Gasteiger partial charge on any atom is -0.385 e. The van der Waals surface area contributed by atoms with E-state index >= 15 is 0 Å². The van der Waals surface area contributed by atoms with Crippen LogP contribution in [0, 0.1) is 0 Å². The van der Waals surface area contributed by atoms with E-state index in [4.69, 9.17) is 0 Å². The molecule has 1 fully saturated rings. The van der Waals surface area contributed by atoms with Gasteiger partial charge in [0.05, 0.1) is 4.90 Å². The minimum absolute atomic E-state index is 0.382. The van der Waals surface area contributed by atoms with Crippen LogP contribution in [-0.4, -0.2) is 57.4 Å². The number of rotatable bonds is 5. The first-order valence-electron chi connectivity index (χ1n) is 7.45. The van der Waals surface area contributed by atoms with Crippen molar-refractivity contribution in [2.24, 2.45) is 0 Å². The largest absolute Gasteiger partial charge is 0.385 e. The maximum absolute atomic E-state index is 12.6. The zero-order chi connectivity index (χ0) is 15.5. The molecule has 0 radical (unpaired) electrons. The van der Waals surface area contributed by atoms with Crippen LogP contribution in [0.25, 0.3) is 0 Å². The van der Waals surface area contributed by atoms with Crippen LogP contribution < -0.4 is 5.32 Å². The predicted molar refractivity (Wildman–Crippen MR) is 86.1 cm³/mol. The molecule has 1 aliphatic heterocycles. The Morgan fingerprint density at radius 2 is 1.76 bits per heavy atom. The van der Waals surface area contributed by atoms with Gasteiger partial charge in [-0.05, 0) is 58.1 Å². The summed E-state index contributed by atoms with van der Waals surface area (Å²) in [6, 6.07) is 7.50. The van der Waals surface area contributed by atoms with Crippen LogP contribution in [0.15, 0.2) is 29.2 Å². The van der Waals surface area contributed by atoms with Gasteiger partial charge in [0.2, 0.25) is 10.0 Å². The molecule has 0 saturated carbocycles. The van der Waals surface area contributed by atoms with E-state index in [-0.39, 0.29) is 0 Å². The lowest BCUT2D eigenvalue weighted by Crippen LogP contribution is -2.44. The van der Waals surface area contributed by atoms with Crippen molar-refractivity contribution < 1.29 is 8.42 Å². The lowest BCUT2D eigenvalue weighted by atomic mass is 10.1. The SMILES string of the molecule is CCNc1ccc(S(=O)(=O)N2CCC(N(C)C)CC2)cc1. The van der Waals surface area contributed by atoms with Gasteiger partial charge in [0.15, 0.2) is 0 Å². The maximum Gasteiger partial charge on any atom is 0.243 e. The van der Waals surface area contributed by atoms with Gasteiger partial charge in [-0.25, -0.2) is 8.42 Å². The minimum atomic E-state index is -3.36. The highest BCUT2D eigenvalue weighted by Crippen LogP contribution is 2.23. The van der Waals surface area contributed by atoms with Crippen LogP contribution >= 0.6 is 0 Å². The molecule has 2 rings (SSSR count). The summed E-state index contributed by atoms with van der Waals surface area (Å²) in [5.41, 5.74) is 0.947. The van der Waals surface area contributed by atoms with Crippen molar-refractivity contribution in [1.29, 1.82) is 0 Å². The summed E-state index contributed by atoms with van der Waals surface area (Å²) >= 11 is 0. The first-order valence-corrected chi connectivity index (χ1v) is 8.89. The monoisotopic (exact) mass is 311 g/mol. The molecule has 0 amide bonds. The maximum atomic E-state index is 12.6. The molecule has 21 heavy (non-hydrogen) atoms. The molecule has 0 spiro atoms. The van der Waals surface area contributed by atoms with Crippen molar-refractivity contribution in [3.05, 3.63) is 24.3 Å². The highest BCUT2D eigenvalue weighted by atomic mass is 32.2. The quantitative estimate of drug-likeness (QED) is 0.901. The fourth-order valence-corrected chi connectivity index (χ4v) is 4.17. The number of benzene rings is 1. The lowest BCUT2D eigenvalue weighted by molar-refractivity contribution is 0.196. The molecule has 1 N–H and O–H groups in total. The van der Waals surface area contributed by atoms with Gasteiger partial charge in [-0.15, -0.1) is 0 Å². The summed E-state index contributed by atoms with van der Waals surface area (Å²) in [7, 11) is 0.744. The highest BCUT2D eigenvalue weighted by molar-refractivity contribution is 7.89. The normalized spacial score (nSPS) is 18.1. The van der Waals surface area contributed by atoms with Gasteiger partial charge >= 0.3 is 0 Å². The molecule has 0 aliphatic carbocycles. The number of hydrogen-bond acceptors (Lipinski definition) is 4. The fraction of sp³-hybridized carbons (Fsp3) is 0.600. The first kappa shape index (κ1) is 16.3. The first-order chi connectivity index (χ1) is 9.95. The number of sulfonamides is 1. The predicted octanol–water partition coefficient (Wildman–Crippen LogP) is 1.83. The van der Waals surface area contributed by atoms with Crippen molar-refractivity contribution >= 4 is 15.7 Å². The van der Waals surface area contributed by atoms with E-state index in [1.165, 1.54) is 0 Å². The van der Waals surface area contributed by atoms with E-state index in [1.807, 2.05) is 33.2 Å². The Balaban J connectivity index is 2.08. The molecule has 0 aromatic heterocycles. The van der Waals surface area contributed by atoms with E-state index in [1.54, 1.807) is 16.4 Å². The Morgan fingerprint density at radius 3 is 2.24 bits per heavy atom. The van der Waals surface area contributed by atoms with E-state index in [2.05, 4.69) is 10.2 Å². The molecule has 6 heteroatoms. The van der Waals surface area contributed by atoms with Crippen molar-refractivity contribution in [2.45, 2.75) is 30.7 Å².